The number of aromatic hydroxyl groups is 1. The summed E-state index contributed by atoms with van der Waals surface area (Å²) in [6.45, 7) is 2.25. The lowest BCUT2D eigenvalue weighted by atomic mass is 9.83. The lowest BCUT2D eigenvalue weighted by Gasteiger charge is -2.35. The van der Waals surface area contributed by atoms with Gasteiger partial charge in [0.05, 0.1) is 6.04 Å². The Bertz CT molecular complexity index is 1510. The van der Waals surface area contributed by atoms with Gasteiger partial charge in [-0.15, -0.1) is 11.3 Å². The molecular weight excluding hydrogens is 592 g/mol. The van der Waals surface area contributed by atoms with E-state index in [0.29, 0.717) is 23.5 Å². The molecule has 3 atom stereocenters. The fourth-order valence-corrected chi connectivity index (χ4v) is 7.03. The molecule has 0 unspecified atom stereocenters. The largest absolute Gasteiger partial charge is 0.508 e. The third-order valence-electron chi connectivity index (χ3n) is 8.82. The van der Waals surface area contributed by atoms with Gasteiger partial charge < -0.3 is 20.1 Å². The maximum atomic E-state index is 14.2. The Labute approximate surface area is 267 Å². The molecule has 2 fully saturated rings. The number of likely N-dealkylation sites (N-methyl/N-ethyl adjacent to an activating group) is 1. The van der Waals surface area contributed by atoms with E-state index in [1.165, 1.54) is 35.4 Å². The number of aromatic nitrogens is 1. The first-order chi connectivity index (χ1) is 21.7. The molecular formula is C34H40N4O6S. The van der Waals surface area contributed by atoms with E-state index < -0.39 is 24.1 Å². The van der Waals surface area contributed by atoms with Crippen molar-refractivity contribution in [1.29, 1.82) is 0 Å². The monoisotopic (exact) mass is 632 g/mol. The first-order valence-electron chi connectivity index (χ1n) is 15.6. The Kier molecular flexibility index (Phi) is 10.5. The molecule has 5 rings (SSSR count). The number of likely N-dealkylation sites (tertiary alicyclic amines) is 1. The van der Waals surface area contributed by atoms with Gasteiger partial charge >= 0.3 is 6.09 Å². The van der Waals surface area contributed by atoms with Crippen molar-refractivity contribution in [3.05, 3.63) is 81.8 Å². The molecule has 1 saturated carbocycles. The Hall–Kier alpha value is -4.25. The number of benzene rings is 2. The Morgan fingerprint density at radius 1 is 1.04 bits per heavy atom. The number of amides is 3. The summed E-state index contributed by atoms with van der Waals surface area (Å²) < 4.78 is 5.42. The number of ketones is 1. The van der Waals surface area contributed by atoms with Crippen LogP contribution in [0.4, 0.5) is 4.79 Å². The molecule has 1 aromatic heterocycles. The van der Waals surface area contributed by atoms with Crippen LogP contribution in [-0.4, -0.2) is 69.3 Å². The number of carbonyl (C=O) groups is 4. The summed E-state index contributed by atoms with van der Waals surface area (Å²) in [6.07, 6.45) is 5.60. The van der Waals surface area contributed by atoms with Crippen molar-refractivity contribution < 1.29 is 29.0 Å². The average molecular weight is 633 g/mol. The van der Waals surface area contributed by atoms with Gasteiger partial charge in [-0.3, -0.25) is 19.3 Å². The van der Waals surface area contributed by atoms with Gasteiger partial charge in [0.25, 0.3) is 0 Å². The predicted octanol–water partition coefficient (Wildman–Crippen LogP) is 5.47. The van der Waals surface area contributed by atoms with E-state index in [0.717, 1.165) is 44.1 Å². The van der Waals surface area contributed by atoms with Crippen LogP contribution in [0.1, 0.15) is 84.5 Å². The van der Waals surface area contributed by atoms with Gasteiger partial charge in [0.1, 0.15) is 35.1 Å². The molecule has 45 heavy (non-hydrogen) atoms. The number of phenolic OH excluding ortho intramolecular Hbond substituents is 1. The SMILES string of the molecule is C[C@@H](C(=O)N[C@H](C(=O)N1CCC[C@H]1c1nc(C(=O)c2cccc(O)c2)cs1)C1CCCCC1)N(C)C(=O)OCc1ccccc1. The third-order valence-corrected chi connectivity index (χ3v) is 9.77. The first-order valence-corrected chi connectivity index (χ1v) is 16.4. The zero-order valence-electron chi connectivity index (χ0n) is 25.7. The summed E-state index contributed by atoms with van der Waals surface area (Å²) in [5.74, 6) is -0.878. The molecule has 10 nitrogen and oxygen atoms in total. The van der Waals surface area contributed by atoms with E-state index in [1.807, 2.05) is 30.3 Å². The fraction of sp³-hybridized carbons (Fsp3) is 0.441. The minimum atomic E-state index is -0.855. The number of hydrogen-bond donors (Lipinski definition) is 2. The molecule has 3 aromatic rings. The number of carbonyl (C=O) groups excluding carboxylic acids is 4. The zero-order chi connectivity index (χ0) is 31.9. The highest BCUT2D eigenvalue weighted by atomic mass is 32.1. The summed E-state index contributed by atoms with van der Waals surface area (Å²) in [7, 11) is 1.52. The van der Waals surface area contributed by atoms with Crippen molar-refractivity contribution >= 4 is 35.0 Å². The summed E-state index contributed by atoms with van der Waals surface area (Å²) in [5, 5.41) is 15.2. The van der Waals surface area contributed by atoms with Crippen molar-refractivity contribution in [3.8, 4) is 5.75 Å². The number of rotatable bonds is 10. The maximum Gasteiger partial charge on any atom is 0.410 e. The van der Waals surface area contributed by atoms with Gasteiger partial charge in [0, 0.05) is 24.5 Å². The molecule has 0 bridgehead atoms. The van der Waals surface area contributed by atoms with Crippen LogP contribution in [0.3, 0.4) is 0 Å². The summed E-state index contributed by atoms with van der Waals surface area (Å²) >= 11 is 1.34. The topological polar surface area (TPSA) is 129 Å². The second kappa shape index (κ2) is 14.7. The van der Waals surface area contributed by atoms with E-state index in [4.69, 9.17) is 4.74 Å². The van der Waals surface area contributed by atoms with Crippen LogP contribution in [0.2, 0.25) is 0 Å². The van der Waals surface area contributed by atoms with Crippen LogP contribution in [0.25, 0.3) is 0 Å². The Morgan fingerprint density at radius 2 is 1.80 bits per heavy atom. The molecule has 0 spiro atoms. The quantitative estimate of drug-likeness (QED) is 0.284. The van der Waals surface area contributed by atoms with Crippen molar-refractivity contribution in [2.75, 3.05) is 13.6 Å². The molecule has 238 valence electrons. The number of phenols is 1. The van der Waals surface area contributed by atoms with Gasteiger partial charge in [-0.1, -0.05) is 61.7 Å². The van der Waals surface area contributed by atoms with Gasteiger partial charge in [0.2, 0.25) is 17.6 Å². The number of hydrogen-bond acceptors (Lipinski definition) is 8. The third kappa shape index (κ3) is 7.70. The molecule has 1 aliphatic heterocycles. The smallest absolute Gasteiger partial charge is 0.410 e. The van der Waals surface area contributed by atoms with Crippen LogP contribution in [0.15, 0.2) is 60.0 Å². The van der Waals surface area contributed by atoms with Crippen LogP contribution >= 0.6 is 11.3 Å². The first kappa shape index (κ1) is 32.2. The van der Waals surface area contributed by atoms with E-state index in [2.05, 4.69) is 10.3 Å². The van der Waals surface area contributed by atoms with Crippen molar-refractivity contribution in [2.45, 2.75) is 76.6 Å². The van der Waals surface area contributed by atoms with E-state index in [9.17, 15) is 24.3 Å². The van der Waals surface area contributed by atoms with Gasteiger partial charge in [-0.05, 0) is 56.2 Å². The van der Waals surface area contributed by atoms with Gasteiger partial charge in [-0.25, -0.2) is 9.78 Å². The average Bonchev–Trinajstić information content (AvgIpc) is 3.76. The summed E-state index contributed by atoms with van der Waals surface area (Å²) in [6, 6.07) is 13.6. The fourth-order valence-electron chi connectivity index (χ4n) is 6.08. The van der Waals surface area contributed by atoms with Crippen LogP contribution in [0.5, 0.6) is 5.75 Å². The van der Waals surface area contributed by atoms with Crippen molar-refractivity contribution in [3.63, 3.8) is 0 Å². The number of ether oxygens (including phenoxy) is 1. The molecule has 1 saturated heterocycles. The molecule has 11 heteroatoms. The number of nitrogens with one attached hydrogen (secondary N) is 1. The molecule has 2 aliphatic rings. The second-order valence-corrected chi connectivity index (χ2v) is 12.7. The highest BCUT2D eigenvalue weighted by Gasteiger charge is 2.40. The minimum Gasteiger partial charge on any atom is -0.508 e. The molecule has 2 aromatic carbocycles. The Balaban J connectivity index is 1.28. The van der Waals surface area contributed by atoms with Crippen LogP contribution in [-0.2, 0) is 20.9 Å². The number of thiazole rings is 1. The van der Waals surface area contributed by atoms with Crippen molar-refractivity contribution in [2.24, 2.45) is 5.92 Å². The summed E-state index contributed by atoms with van der Waals surface area (Å²) in [4.78, 5) is 61.2. The molecule has 2 heterocycles. The molecule has 3 amide bonds. The van der Waals surface area contributed by atoms with Crippen LogP contribution < -0.4 is 5.32 Å². The highest BCUT2D eigenvalue weighted by molar-refractivity contribution is 7.10. The minimum absolute atomic E-state index is 0.00394. The predicted molar refractivity (Wildman–Crippen MR) is 170 cm³/mol. The number of nitrogens with zero attached hydrogens (tertiary/aromatic N) is 3. The zero-order valence-corrected chi connectivity index (χ0v) is 26.5. The van der Waals surface area contributed by atoms with Crippen LogP contribution in [0, 0.1) is 5.92 Å². The lowest BCUT2D eigenvalue weighted by molar-refractivity contribution is -0.140. The van der Waals surface area contributed by atoms with E-state index >= 15 is 0 Å². The standard InChI is InChI=1S/C34H40N4O6S/c1-22(37(2)34(43)44-20-23-11-5-3-6-12-23)31(41)36-29(24-13-7-4-8-14-24)33(42)38-18-10-17-28(38)32-35-27(21-45-32)30(40)25-15-9-16-26(39)19-25/h3,5-6,9,11-12,15-16,19,21-22,24,28-29,39H,4,7-8,10,13-14,17-18,20H2,1-2H3,(H,36,41)/t22-,28-,29-/m0/s1. The van der Waals surface area contributed by atoms with Gasteiger partial charge in [0.15, 0.2) is 0 Å². The van der Waals surface area contributed by atoms with E-state index in [-0.39, 0.29) is 41.7 Å². The van der Waals surface area contributed by atoms with Crippen molar-refractivity contribution in [1.82, 2.24) is 20.1 Å². The Morgan fingerprint density at radius 3 is 2.53 bits per heavy atom. The molecule has 0 radical (unpaired) electrons. The van der Waals surface area contributed by atoms with Gasteiger partial charge in [-0.2, -0.15) is 0 Å². The normalized spacial score (nSPS) is 18.2. The van der Waals surface area contributed by atoms with E-state index in [1.54, 1.807) is 29.3 Å². The molecule has 2 N–H and O–H groups in total. The second-order valence-electron chi connectivity index (χ2n) is 11.9. The maximum absolute atomic E-state index is 14.2. The summed E-state index contributed by atoms with van der Waals surface area (Å²) in [5.41, 5.74) is 1.46. The highest BCUT2D eigenvalue weighted by Crippen LogP contribution is 2.36. The molecule has 1 aliphatic carbocycles. The lowest BCUT2D eigenvalue weighted by Crippen LogP contribution is -2.56.